The summed E-state index contributed by atoms with van der Waals surface area (Å²) in [4.78, 5) is 0. The van der Waals surface area contributed by atoms with Crippen molar-refractivity contribution in [3.8, 4) is 6.15 Å². The predicted molar refractivity (Wildman–Crippen MR) is 19.4 cm³/mol. The molecule has 0 N–H and O–H groups in total. The van der Waals surface area contributed by atoms with E-state index in [1.165, 1.54) is 6.08 Å². The van der Waals surface area contributed by atoms with Gasteiger partial charge in [-0.1, -0.05) is 0 Å². The molecule has 0 unspecified atom stereocenters. The monoisotopic (exact) mass is 69.0 g/mol. The van der Waals surface area contributed by atoms with Crippen LogP contribution in [0.2, 0.25) is 0 Å². The molecule has 0 aromatic heterocycles. The van der Waals surface area contributed by atoms with E-state index in [1.54, 1.807) is 19.1 Å². The molecule has 1 heteroatoms. The first-order chi connectivity index (χ1) is 2.41. The summed E-state index contributed by atoms with van der Waals surface area (Å²) in [6, 6.07) is 0. The van der Waals surface area contributed by atoms with E-state index in [9.17, 15) is 4.65 Å². The number of hydrogen-bond acceptors (Lipinski definition) is 0. The van der Waals surface area contributed by atoms with Gasteiger partial charge in [-0.2, -0.15) is 0 Å². The molecule has 26 valence electrons. The normalized spacial score (nSPS) is 8.00. The fourth-order valence-corrected chi connectivity index (χ4v) is 0.0680. The second-order valence-corrected chi connectivity index (χ2v) is 0.618. The molecule has 0 saturated heterocycles. The van der Waals surface area contributed by atoms with Crippen LogP contribution in [-0.2, 0) is 4.65 Å². The Morgan fingerprint density at radius 3 is 2.40 bits per heavy atom. The molecule has 0 aliphatic rings. The molecule has 0 aromatic carbocycles. The molecule has 0 aromatic rings. The van der Waals surface area contributed by atoms with Crippen LogP contribution in [0.5, 0.6) is 0 Å². The molecule has 0 heterocycles. The van der Waals surface area contributed by atoms with Crippen molar-refractivity contribution in [1.82, 2.24) is 0 Å². The van der Waals surface area contributed by atoms with Gasteiger partial charge < -0.3 is 0 Å². The van der Waals surface area contributed by atoms with Gasteiger partial charge >= 0.3 is 29.9 Å². The van der Waals surface area contributed by atoms with Crippen molar-refractivity contribution in [3.63, 3.8) is 0 Å². The zero-order valence-corrected chi connectivity index (χ0v) is 3.06. The van der Waals surface area contributed by atoms with Crippen LogP contribution in [0, 0.1) is 6.15 Å². The molecule has 0 aliphatic carbocycles. The molecule has 1 nitrogen and oxygen atoms in total. The van der Waals surface area contributed by atoms with Gasteiger partial charge in [-0.05, 0) is 0 Å². The van der Waals surface area contributed by atoms with E-state index in [0.29, 0.717) is 0 Å². The molecular weight excluding hydrogens is 64.0 g/mol. The van der Waals surface area contributed by atoms with Crippen LogP contribution < -0.4 is 0 Å². The Balaban J connectivity index is 3.04. The summed E-state index contributed by atoms with van der Waals surface area (Å²) in [7, 11) is 0. The average Bonchev–Trinajstić information content (AvgIpc) is 1.41. The molecule has 0 aliphatic heterocycles. The minimum absolute atomic E-state index is 1.32. The Bertz CT molecular complexity index is 66.2. The van der Waals surface area contributed by atoms with Crippen LogP contribution in [0.4, 0.5) is 0 Å². The topological polar surface area (TPSA) is 19.9 Å². The van der Waals surface area contributed by atoms with Gasteiger partial charge in [0, 0.05) is 0 Å². The van der Waals surface area contributed by atoms with Crippen LogP contribution in [0.15, 0.2) is 12.2 Å². The Labute approximate surface area is 31.0 Å². The molecular formula is C4H5O+. The molecule has 0 saturated carbocycles. The van der Waals surface area contributed by atoms with E-state index in [1.807, 2.05) is 0 Å². The van der Waals surface area contributed by atoms with E-state index in [0.717, 1.165) is 0 Å². The zero-order valence-electron chi connectivity index (χ0n) is 3.06. The Morgan fingerprint density at radius 2 is 2.40 bits per heavy atom. The van der Waals surface area contributed by atoms with Crippen molar-refractivity contribution < 1.29 is 4.65 Å². The SMILES string of the molecule is C/C=C\C#[O+]. The van der Waals surface area contributed by atoms with Crippen LogP contribution >= 0.6 is 0 Å². The van der Waals surface area contributed by atoms with Crippen molar-refractivity contribution in [2.24, 2.45) is 0 Å². The number of allylic oxidation sites excluding steroid dienone is 2. The molecule has 0 amide bonds. The first-order valence-electron chi connectivity index (χ1n) is 1.40. The third-order valence-electron chi connectivity index (χ3n) is 0.235. The molecule has 0 spiro atoms. The molecule has 5 heavy (non-hydrogen) atoms. The van der Waals surface area contributed by atoms with Crippen LogP contribution in [0.3, 0.4) is 0 Å². The molecule has 0 rings (SSSR count). The number of rotatable bonds is 0. The third-order valence-corrected chi connectivity index (χ3v) is 0.235. The molecule has 0 radical (unpaired) electrons. The summed E-state index contributed by atoms with van der Waals surface area (Å²) in [5.74, 6) is 0. The summed E-state index contributed by atoms with van der Waals surface area (Å²) in [5.41, 5.74) is 0. The predicted octanol–water partition coefficient (Wildman–Crippen LogP) is 0.952. The first kappa shape index (κ1) is 4.48. The van der Waals surface area contributed by atoms with Gasteiger partial charge in [0.2, 0.25) is 0 Å². The molecule has 0 bridgehead atoms. The van der Waals surface area contributed by atoms with Crippen LogP contribution in [-0.4, -0.2) is 0 Å². The second-order valence-electron chi connectivity index (χ2n) is 0.618. The standard InChI is InChI=1S/C4H5O/c1-2-3-4-5/h2-3H,1H3/q+1/b3-2-. The second kappa shape index (κ2) is 3.48. The zero-order chi connectivity index (χ0) is 4.12. The summed E-state index contributed by atoms with van der Waals surface area (Å²) in [6.07, 6.45) is 4.54. The van der Waals surface area contributed by atoms with E-state index in [2.05, 4.69) is 0 Å². The van der Waals surface area contributed by atoms with Crippen molar-refractivity contribution in [2.75, 3.05) is 0 Å². The Kier molecular flexibility index (Phi) is 3.12. The summed E-state index contributed by atoms with van der Waals surface area (Å²) in [6.45, 7) is 1.77. The summed E-state index contributed by atoms with van der Waals surface area (Å²) in [5, 5.41) is 0. The quantitative estimate of drug-likeness (QED) is 0.377. The third kappa shape index (κ3) is 3.48. The number of hydrogen-bond donors (Lipinski definition) is 0. The van der Waals surface area contributed by atoms with Gasteiger partial charge in [0.05, 0.1) is 0 Å². The maximum absolute atomic E-state index is 9.19. The van der Waals surface area contributed by atoms with Crippen LogP contribution in [0.1, 0.15) is 6.92 Å². The van der Waals surface area contributed by atoms with Gasteiger partial charge in [-0.3, -0.25) is 0 Å². The van der Waals surface area contributed by atoms with Gasteiger partial charge in [0.25, 0.3) is 0 Å². The van der Waals surface area contributed by atoms with Crippen molar-refractivity contribution in [1.29, 1.82) is 0 Å². The molecule has 0 fully saturated rings. The molecule has 0 atom stereocenters. The maximum atomic E-state index is 9.19. The Hall–Kier alpha value is -0.520. The Morgan fingerprint density at radius 1 is 1.80 bits per heavy atom. The first-order valence-corrected chi connectivity index (χ1v) is 1.40. The van der Waals surface area contributed by atoms with E-state index < -0.39 is 0 Å². The summed E-state index contributed by atoms with van der Waals surface area (Å²) >= 11 is 0. The summed E-state index contributed by atoms with van der Waals surface area (Å²) < 4.78 is 9.19. The average molecular weight is 69.1 g/mol. The van der Waals surface area contributed by atoms with Crippen molar-refractivity contribution in [2.45, 2.75) is 6.92 Å². The minimum atomic E-state index is 1.32. The van der Waals surface area contributed by atoms with E-state index >= 15 is 0 Å². The van der Waals surface area contributed by atoms with E-state index in [4.69, 9.17) is 0 Å². The van der Waals surface area contributed by atoms with Gasteiger partial charge in [-0.15, -0.1) is 0 Å². The van der Waals surface area contributed by atoms with Gasteiger partial charge in [0.15, 0.2) is 0 Å². The fourth-order valence-electron chi connectivity index (χ4n) is 0.0680. The van der Waals surface area contributed by atoms with Crippen LogP contribution in [0.25, 0.3) is 0 Å². The van der Waals surface area contributed by atoms with Gasteiger partial charge in [-0.25, -0.2) is 0 Å². The van der Waals surface area contributed by atoms with Gasteiger partial charge in [0.1, 0.15) is 0 Å². The fraction of sp³-hybridized carbons (Fsp3) is 0.250. The van der Waals surface area contributed by atoms with E-state index in [-0.39, 0.29) is 0 Å². The van der Waals surface area contributed by atoms with Crippen molar-refractivity contribution in [3.05, 3.63) is 12.2 Å². The van der Waals surface area contributed by atoms with Crippen molar-refractivity contribution >= 4 is 0 Å².